The summed E-state index contributed by atoms with van der Waals surface area (Å²) in [6.07, 6.45) is -0.642. The van der Waals surface area contributed by atoms with Crippen molar-refractivity contribution in [2.45, 2.75) is 17.2 Å². The van der Waals surface area contributed by atoms with Gasteiger partial charge in [0.1, 0.15) is 11.1 Å². The second-order valence-corrected chi connectivity index (χ2v) is 8.22. The van der Waals surface area contributed by atoms with Gasteiger partial charge in [0, 0.05) is 12.9 Å². The Hall–Kier alpha value is -2.32. The molecule has 2 aromatic carbocycles. The van der Waals surface area contributed by atoms with Crippen LogP contribution in [-0.4, -0.2) is 40.7 Å². The fourth-order valence-electron chi connectivity index (χ4n) is 3.44. The van der Waals surface area contributed by atoms with Gasteiger partial charge >= 0.3 is 5.97 Å². The molecule has 2 aliphatic rings. The Labute approximate surface area is 177 Å². The van der Waals surface area contributed by atoms with Gasteiger partial charge in [-0.2, -0.15) is 0 Å². The summed E-state index contributed by atoms with van der Waals surface area (Å²) in [5.41, 5.74) is 6.22. The summed E-state index contributed by atoms with van der Waals surface area (Å²) in [5.74, 6) is -0.854. The van der Waals surface area contributed by atoms with Gasteiger partial charge in [-0.15, -0.1) is 11.8 Å². The Morgan fingerprint density at radius 1 is 1.17 bits per heavy atom. The molecule has 4 rings (SSSR count). The molecule has 6 nitrogen and oxygen atoms in total. The Bertz CT molecular complexity index is 930. The number of benzene rings is 2. The third-order valence-corrected chi connectivity index (χ3v) is 6.78. The van der Waals surface area contributed by atoms with Crippen molar-refractivity contribution in [1.29, 1.82) is 0 Å². The van der Waals surface area contributed by atoms with Gasteiger partial charge in [0.15, 0.2) is 6.10 Å². The van der Waals surface area contributed by atoms with Gasteiger partial charge in [0.2, 0.25) is 5.72 Å². The van der Waals surface area contributed by atoms with Gasteiger partial charge in [-0.3, -0.25) is 15.4 Å². The van der Waals surface area contributed by atoms with E-state index in [4.69, 9.17) is 26.8 Å². The van der Waals surface area contributed by atoms with Crippen LogP contribution in [0.5, 0.6) is 0 Å². The largest absolute Gasteiger partial charge is 0.448 e. The summed E-state index contributed by atoms with van der Waals surface area (Å²) in [5, 5.41) is -0.278. The minimum absolute atomic E-state index is 0.0235. The number of carbonyl (C=O) groups excluding carboxylic acids is 2. The molecule has 0 spiro atoms. The number of nitrogens with two attached hydrogens (primary N) is 1. The molecule has 8 heteroatoms. The highest BCUT2D eigenvalue weighted by Crippen LogP contribution is 2.46. The molecule has 1 saturated heterocycles. The molecule has 2 aromatic rings. The van der Waals surface area contributed by atoms with E-state index in [1.54, 1.807) is 0 Å². The highest BCUT2D eigenvalue weighted by atomic mass is 35.5. The molecule has 150 valence electrons. The molecule has 1 amide bonds. The molecule has 0 aliphatic carbocycles. The number of esters is 1. The van der Waals surface area contributed by atoms with Crippen molar-refractivity contribution in [2.75, 3.05) is 12.9 Å². The number of hydrogen-bond donors (Lipinski definition) is 1. The van der Waals surface area contributed by atoms with Crippen LogP contribution in [-0.2, 0) is 19.1 Å². The fourth-order valence-corrected chi connectivity index (χ4v) is 5.03. The molecular weight excluding hydrogens is 412 g/mol. The number of hydrogen-bond acceptors (Lipinski definition) is 6. The van der Waals surface area contributed by atoms with Gasteiger partial charge in [0.05, 0.1) is 5.03 Å². The van der Waals surface area contributed by atoms with Crippen LogP contribution in [0.1, 0.15) is 17.2 Å². The number of amides is 1. The molecule has 0 bridgehead atoms. The summed E-state index contributed by atoms with van der Waals surface area (Å²) >= 11 is 7.68. The number of ether oxygens (including phenoxy) is 2. The number of methoxy groups -OCH3 is 1. The standard InChI is InChI=1S/C21H19ClN2O4S/c1-27-21(23)19(26)24-16(15(22)12-29-20(21)24)18(25)28-17(13-8-4-2-5-9-13)14-10-6-3-7-11-14/h2-11,17,20H,12,23H2,1H3/t20-,21?/m1/s1. The van der Waals surface area contributed by atoms with Crippen LogP contribution in [0.4, 0.5) is 0 Å². The highest BCUT2D eigenvalue weighted by molar-refractivity contribution is 8.00. The molecule has 0 saturated carbocycles. The maximum Gasteiger partial charge on any atom is 0.357 e. The molecule has 0 radical (unpaired) electrons. The average Bonchev–Trinajstić information content (AvgIpc) is 2.77. The second-order valence-electron chi connectivity index (χ2n) is 6.70. The normalized spacial score (nSPS) is 23.7. The molecule has 2 aliphatic heterocycles. The predicted molar refractivity (Wildman–Crippen MR) is 111 cm³/mol. The summed E-state index contributed by atoms with van der Waals surface area (Å²) in [4.78, 5) is 27.0. The molecule has 1 unspecified atom stereocenters. The minimum atomic E-state index is -1.47. The van der Waals surface area contributed by atoms with Crippen molar-refractivity contribution in [1.82, 2.24) is 4.90 Å². The van der Waals surface area contributed by atoms with Crippen LogP contribution in [0.15, 0.2) is 71.4 Å². The van der Waals surface area contributed by atoms with Crippen LogP contribution < -0.4 is 5.73 Å². The zero-order valence-electron chi connectivity index (χ0n) is 15.6. The minimum Gasteiger partial charge on any atom is -0.448 e. The first kappa shape index (κ1) is 20.0. The number of thioether (sulfide) groups is 1. The first-order chi connectivity index (χ1) is 14.0. The molecule has 2 atom stereocenters. The highest BCUT2D eigenvalue weighted by Gasteiger charge is 2.63. The van der Waals surface area contributed by atoms with E-state index >= 15 is 0 Å². The van der Waals surface area contributed by atoms with E-state index in [2.05, 4.69) is 0 Å². The molecular formula is C21H19ClN2O4S. The van der Waals surface area contributed by atoms with Gasteiger partial charge < -0.3 is 9.47 Å². The number of nitrogens with zero attached hydrogens (tertiary/aromatic N) is 1. The lowest BCUT2D eigenvalue weighted by Gasteiger charge is -2.53. The van der Waals surface area contributed by atoms with Crippen molar-refractivity contribution < 1.29 is 19.1 Å². The SMILES string of the molecule is COC1(N)C(=O)N2C(C(=O)OC(c3ccccc3)c3ccccc3)=C(Cl)CS[C@@H]21. The number of rotatable bonds is 5. The second kappa shape index (κ2) is 7.84. The lowest BCUT2D eigenvalue weighted by Crippen LogP contribution is -2.78. The zero-order valence-corrected chi connectivity index (χ0v) is 17.2. The Morgan fingerprint density at radius 2 is 1.72 bits per heavy atom. The number of halogens is 1. The van der Waals surface area contributed by atoms with E-state index < -0.39 is 29.1 Å². The summed E-state index contributed by atoms with van der Waals surface area (Å²) in [6.45, 7) is 0. The molecule has 2 N–H and O–H groups in total. The Morgan fingerprint density at radius 3 is 2.24 bits per heavy atom. The summed E-state index contributed by atoms with van der Waals surface area (Å²) in [6, 6.07) is 18.8. The predicted octanol–water partition coefficient (Wildman–Crippen LogP) is 2.99. The van der Waals surface area contributed by atoms with Crippen molar-refractivity contribution in [3.8, 4) is 0 Å². The first-order valence-corrected chi connectivity index (χ1v) is 10.4. The number of β-lactam (4-membered cyclic amide) rings is 1. The maximum atomic E-state index is 13.2. The van der Waals surface area contributed by atoms with Gasteiger partial charge in [-0.1, -0.05) is 72.3 Å². The third-order valence-electron chi connectivity index (χ3n) is 4.98. The fraction of sp³-hybridized carbons (Fsp3) is 0.238. The molecule has 29 heavy (non-hydrogen) atoms. The number of carbonyl (C=O) groups is 2. The van der Waals surface area contributed by atoms with Crippen LogP contribution in [0.3, 0.4) is 0 Å². The molecule has 0 aromatic heterocycles. The van der Waals surface area contributed by atoms with E-state index in [0.29, 0.717) is 5.75 Å². The van der Waals surface area contributed by atoms with Crippen molar-refractivity contribution in [2.24, 2.45) is 5.73 Å². The average molecular weight is 431 g/mol. The lowest BCUT2D eigenvalue weighted by molar-refractivity contribution is -0.183. The van der Waals surface area contributed by atoms with Crippen molar-refractivity contribution in [3.63, 3.8) is 0 Å². The van der Waals surface area contributed by atoms with Crippen molar-refractivity contribution >= 4 is 35.2 Å². The van der Waals surface area contributed by atoms with E-state index in [0.717, 1.165) is 11.1 Å². The zero-order chi connectivity index (χ0) is 20.6. The third kappa shape index (κ3) is 3.34. The summed E-state index contributed by atoms with van der Waals surface area (Å²) in [7, 11) is 1.37. The number of fused-ring (bicyclic) bond motifs is 1. The first-order valence-electron chi connectivity index (χ1n) is 8.96. The van der Waals surface area contributed by atoms with E-state index in [1.165, 1.54) is 23.8 Å². The van der Waals surface area contributed by atoms with E-state index in [1.807, 2.05) is 60.7 Å². The van der Waals surface area contributed by atoms with Crippen LogP contribution in [0.25, 0.3) is 0 Å². The van der Waals surface area contributed by atoms with E-state index in [9.17, 15) is 9.59 Å². The van der Waals surface area contributed by atoms with E-state index in [-0.39, 0.29) is 10.7 Å². The monoisotopic (exact) mass is 430 g/mol. The van der Waals surface area contributed by atoms with Gasteiger partial charge in [-0.25, -0.2) is 4.79 Å². The summed E-state index contributed by atoms with van der Waals surface area (Å²) < 4.78 is 11.1. The smallest absolute Gasteiger partial charge is 0.357 e. The van der Waals surface area contributed by atoms with Gasteiger partial charge in [-0.05, 0) is 11.1 Å². The molecule has 1 fully saturated rings. The van der Waals surface area contributed by atoms with Gasteiger partial charge in [0.25, 0.3) is 5.91 Å². The quantitative estimate of drug-likeness (QED) is 0.446. The topological polar surface area (TPSA) is 81.9 Å². The van der Waals surface area contributed by atoms with Crippen LogP contribution in [0.2, 0.25) is 0 Å². The van der Waals surface area contributed by atoms with Crippen molar-refractivity contribution in [3.05, 3.63) is 82.5 Å². The lowest BCUT2D eigenvalue weighted by atomic mass is 10.0. The Balaban J connectivity index is 1.65. The Kier molecular flexibility index (Phi) is 5.40. The van der Waals surface area contributed by atoms with Crippen LogP contribution in [0, 0.1) is 0 Å². The molecule has 2 heterocycles. The van der Waals surface area contributed by atoms with Crippen LogP contribution >= 0.6 is 23.4 Å². The maximum absolute atomic E-state index is 13.2.